The molecule has 0 aliphatic rings. The van der Waals surface area contributed by atoms with E-state index >= 15 is 0 Å². The molecule has 5 heteroatoms. The minimum Gasteiger partial charge on any atom is -0.319 e. The average Bonchev–Trinajstić information content (AvgIpc) is 2.84. The lowest BCUT2D eigenvalue weighted by Crippen LogP contribution is -2.14. The number of H-pyrrole nitrogens is 1. The van der Waals surface area contributed by atoms with Gasteiger partial charge < -0.3 is 5.32 Å². The minimum absolute atomic E-state index is 0.185. The highest BCUT2D eigenvalue weighted by Gasteiger charge is 2.13. The van der Waals surface area contributed by atoms with Crippen molar-refractivity contribution in [3.8, 4) is 0 Å². The number of rotatable bonds is 4. The van der Waals surface area contributed by atoms with Crippen LogP contribution in [0.1, 0.15) is 40.9 Å². The maximum absolute atomic E-state index is 12.0. The summed E-state index contributed by atoms with van der Waals surface area (Å²) in [7, 11) is 0. The van der Waals surface area contributed by atoms with Gasteiger partial charge in [0.25, 0.3) is 5.91 Å². The Morgan fingerprint density at radius 1 is 1.37 bits per heavy atom. The largest absolute Gasteiger partial charge is 0.319 e. The Morgan fingerprint density at radius 2 is 2.16 bits per heavy atom. The molecule has 0 saturated heterocycles. The van der Waals surface area contributed by atoms with Crippen molar-refractivity contribution in [2.24, 2.45) is 0 Å². The molecule has 1 aromatic carbocycles. The van der Waals surface area contributed by atoms with Crippen molar-refractivity contribution in [2.45, 2.75) is 33.6 Å². The highest BCUT2D eigenvalue weighted by Crippen LogP contribution is 2.18. The lowest BCUT2D eigenvalue weighted by atomic mass is 10.1. The van der Waals surface area contributed by atoms with E-state index in [1.165, 1.54) is 0 Å². The van der Waals surface area contributed by atoms with Gasteiger partial charge in [0.2, 0.25) is 5.82 Å². The van der Waals surface area contributed by atoms with Crippen molar-refractivity contribution in [3.05, 3.63) is 41.0 Å². The topological polar surface area (TPSA) is 70.7 Å². The second-order valence-electron chi connectivity index (χ2n) is 4.56. The fourth-order valence-electron chi connectivity index (χ4n) is 1.81. The monoisotopic (exact) mass is 258 g/mol. The molecule has 0 radical (unpaired) electrons. The number of hydrogen-bond acceptors (Lipinski definition) is 3. The molecule has 1 amide bonds. The van der Waals surface area contributed by atoms with Gasteiger partial charge in [0, 0.05) is 12.1 Å². The summed E-state index contributed by atoms with van der Waals surface area (Å²) >= 11 is 0. The van der Waals surface area contributed by atoms with Gasteiger partial charge in [0.1, 0.15) is 5.82 Å². The summed E-state index contributed by atoms with van der Waals surface area (Å²) in [5.74, 6) is 0.644. The molecule has 0 spiro atoms. The maximum Gasteiger partial charge on any atom is 0.295 e. The number of anilines is 1. The summed E-state index contributed by atoms with van der Waals surface area (Å²) in [6.07, 6.45) is 1.76. The molecule has 1 aromatic heterocycles. The summed E-state index contributed by atoms with van der Waals surface area (Å²) < 4.78 is 0. The highest BCUT2D eigenvalue weighted by atomic mass is 16.2. The average molecular weight is 258 g/mol. The zero-order chi connectivity index (χ0) is 13.8. The summed E-state index contributed by atoms with van der Waals surface area (Å²) in [5, 5.41) is 9.55. The molecule has 0 aliphatic heterocycles. The molecule has 5 nitrogen and oxygen atoms in total. The van der Waals surface area contributed by atoms with E-state index in [1.54, 1.807) is 0 Å². The zero-order valence-corrected chi connectivity index (χ0v) is 11.4. The minimum atomic E-state index is -0.285. The molecule has 100 valence electrons. The van der Waals surface area contributed by atoms with Gasteiger partial charge in [0.05, 0.1) is 0 Å². The third-order valence-corrected chi connectivity index (χ3v) is 3.07. The zero-order valence-electron chi connectivity index (χ0n) is 11.4. The van der Waals surface area contributed by atoms with Crippen LogP contribution in [0.25, 0.3) is 0 Å². The van der Waals surface area contributed by atoms with Crippen molar-refractivity contribution in [1.82, 2.24) is 15.2 Å². The maximum atomic E-state index is 12.0. The van der Waals surface area contributed by atoms with Gasteiger partial charge in [-0.1, -0.05) is 19.1 Å². The van der Waals surface area contributed by atoms with Crippen LogP contribution in [-0.2, 0) is 6.42 Å². The van der Waals surface area contributed by atoms with Crippen molar-refractivity contribution in [3.63, 3.8) is 0 Å². The number of nitrogens with one attached hydrogen (secondary N) is 2. The first-order valence-corrected chi connectivity index (χ1v) is 6.40. The normalized spacial score (nSPS) is 10.5. The van der Waals surface area contributed by atoms with E-state index in [9.17, 15) is 4.79 Å². The molecule has 0 atom stereocenters. The molecule has 2 N–H and O–H groups in total. The van der Waals surface area contributed by atoms with Crippen molar-refractivity contribution < 1.29 is 4.79 Å². The SMILES string of the molecule is CCCc1nc(C(=O)Nc2cccc(C)c2C)n[nH]1. The number of aryl methyl sites for hydroxylation is 2. The number of aromatic nitrogens is 3. The number of amides is 1. The first-order chi connectivity index (χ1) is 9.11. The Kier molecular flexibility index (Phi) is 3.94. The van der Waals surface area contributed by atoms with Crippen molar-refractivity contribution in [2.75, 3.05) is 5.32 Å². The molecule has 2 rings (SSSR count). The summed E-state index contributed by atoms with van der Waals surface area (Å²) in [5.41, 5.74) is 2.99. The molecule has 0 aliphatic carbocycles. The van der Waals surface area contributed by atoms with E-state index < -0.39 is 0 Å². The van der Waals surface area contributed by atoms with E-state index in [4.69, 9.17) is 0 Å². The number of benzene rings is 1. The van der Waals surface area contributed by atoms with Crippen LogP contribution >= 0.6 is 0 Å². The highest BCUT2D eigenvalue weighted by molar-refractivity contribution is 6.02. The Hall–Kier alpha value is -2.17. The van der Waals surface area contributed by atoms with Gasteiger partial charge in [-0.15, -0.1) is 5.10 Å². The molecule has 2 aromatic rings. The van der Waals surface area contributed by atoms with Gasteiger partial charge in [-0.2, -0.15) is 0 Å². The molecule has 0 saturated carbocycles. The second kappa shape index (κ2) is 5.65. The number of carbonyl (C=O) groups excluding carboxylic acids is 1. The van der Waals surface area contributed by atoms with Gasteiger partial charge >= 0.3 is 0 Å². The first-order valence-electron chi connectivity index (χ1n) is 6.40. The first kappa shape index (κ1) is 13.3. The van der Waals surface area contributed by atoms with Crippen LogP contribution in [0.15, 0.2) is 18.2 Å². The lowest BCUT2D eigenvalue weighted by molar-refractivity contribution is 0.101. The Balaban J connectivity index is 2.14. The van der Waals surface area contributed by atoms with Crippen molar-refractivity contribution in [1.29, 1.82) is 0 Å². The van der Waals surface area contributed by atoms with Crippen molar-refractivity contribution >= 4 is 11.6 Å². The second-order valence-corrected chi connectivity index (χ2v) is 4.56. The van der Waals surface area contributed by atoms with Crippen LogP contribution in [0, 0.1) is 13.8 Å². The van der Waals surface area contributed by atoms with Crippen LogP contribution in [-0.4, -0.2) is 21.1 Å². The van der Waals surface area contributed by atoms with Crippen LogP contribution in [0.3, 0.4) is 0 Å². The number of hydrogen-bond donors (Lipinski definition) is 2. The van der Waals surface area contributed by atoms with E-state index in [-0.39, 0.29) is 11.7 Å². The lowest BCUT2D eigenvalue weighted by Gasteiger charge is -2.08. The van der Waals surface area contributed by atoms with E-state index in [2.05, 4.69) is 27.4 Å². The number of carbonyl (C=O) groups is 1. The molecule has 1 heterocycles. The van der Waals surface area contributed by atoms with E-state index in [1.807, 2.05) is 32.0 Å². The van der Waals surface area contributed by atoms with E-state index in [0.29, 0.717) is 0 Å². The summed E-state index contributed by atoms with van der Waals surface area (Å²) in [6, 6.07) is 5.80. The van der Waals surface area contributed by atoms with Crippen LogP contribution < -0.4 is 5.32 Å². The summed E-state index contributed by atoms with van der Waals surface area (Å²) in [4.78, 5) is 16.2. The smallest absolute Gasteiger partial charge is 0.295 e. The standard InChI is InChI=1S/C14H18N4O/c1-4-6-12-16-13(18-17-12)14(19)15-11-8-5-7-9(2)10(11)3/h5,7-8H,4,6H2,1-3H3,(H,15,19)(H,16,17,18). The third kappa shape index (κ3) is 2.99. The molecular weight excluding hydrogens is 240 g/mol. The van der Waals surface area contributed by atoms with Gasteiger partial charge in [-0.25, -0.2) is 4.98 Å². The Bertz CT molecular complexity index is 589. The van der Waals surface area contributed by atoms with Gasteiger partial charge in [0.15, 0.2) is 0 Å². The van der Waals surface area contributed by atoms with Crippen LogP contribution in [0.4, 0.5) is 5.69 Å². The van der Waals surface area contributed by atoms with Gasteiger partial charge in [-0.3, -0.25) is 9.89 Å². The molecular formula is C14H18N4O. The molecule has 0 unspecified atom stereocenters. The molecule has 19 heavy (non-hydrogen) atoms. The fourth-order valence-corrected chi connectivity index (χ4v) is 1.81. The summed E-state index contributed by atoms with van der Waals surface area (Å²) in [6.45, 7) is 6.04. The van der Waals surface area contributed by atoms with E-state index in [0.717, 1.165) is 35.5 Å². The third-order valence-electron chi connectivity index (χ3n) is 3.07. The molecule has 0 bridgehead atoms. The predicted octanol–water partition coefficient (Wildman–Crippen LogP) is 2.63. The predicted molar refractivity (Wildman–Crippen MR) is 74.2 cm³/mol. The number of aromatic amines is 1. The van der Waals surface area contributed by atoms with Gasteiger partial charge in [-0.05, 0) is 37.5 Å². The number of nitrogens with zero attached hydrogens (tertiary/aromatic N) is 2. The quantitative estimate of drug-likeness (QED) is 0.885. The Labute approximate surface area is 112 Å². The Morgan fingerprint density at radius 3 is 2.89 bits per heavy atom. The fraction of sp³-hybridized carbons (Fsp3) is 0.357. The van der Waals surface area contributed by atoms with Crippen LogP contribution in [0.5, 0.6) is 0 Å². The molecule has 0 fully saturated rings. The van der Waals surface area contributed by atoms with Crippen LogP contribution in [0.2, 0.25) is 0 Å².